The van der Waals surface area contributed by atoms with Crippen molar-refractivity contribution in [1.29, 1.82) is 0 Å². The second-order valence-corrected chi connectivity index (χ2v) is 3.45. The Morgan fingerprint density at radius 3 is 3.00 bits per heavy atom. The fraction of sp³-hybridized carbons (Fsp3) is 0.364. The lowest BCUT2D eigenvalue weighted by Gasteiger charge is -2.06. The molecule has 14 heavy (non-hydrogen) atoms. The summed E-state index contributed by atoms with van der Waals surface area (Å²) in [6.07, 6.45) is 4.66. The first-order valence-electron chi connectivity index (χ1n) is 4.89. The maximum absolute atomic E-state index is 4.42. The van der Waals surface area contributed by atoms with Crippen LogP contribution in [0.15, 0.2) is 24.5 Å². The zero-order valence-electron chi connectivity index (χ0n) is 8.44. The van der Waals surface area contributed by atoms with Crippen molar-refractivity contribution in [3.8, 4) is 0 Å². The van der Waals surface area contributed by atoms with Crippen molar-refractivity contribution < 1.29 is 0 Å². The Morgan fingerprint density at radius 1 is 1.36 bits per heavy atom. The first-order valence-corrected chi connectivity index (χ1v) is 4.89. The second kappa shape index (κ2) is 3.70. The average molecular weight is 187 g/mol. The van der Waals surface area contributed by atoms with Crippen LogP contribution in [-0.2, 0) is 0 Å². The summed E-state index contributed by atoms with van der Waals surface area (Å²) in [6.45, 7) is 4.26. The summed E-state index contributed by atoms with van der Waals surface area (Å²) in [5, 5.41) is 1.000. The predicted octanol–water partition coefficient (Wildman–Crippen LogP) is 2.54. The molecule has 3 nitrogen and oxygen atoms in total. The predicted molar refractivity (Wildman–Crippen MR) is 56.0 cm³/mol. The number of pyridine rings is 1. The van der Waals surface area contributed by atoms with Crippen LogP contribution in [0.2, 0.25) is 0 Å². The number of fused-ring (bicyclic) bond motifs is 1. The van der Waals surface area contributed by atoms with Gasteiger partial charge in [-0.15, -0.1) is 0 Å². The minimum absolute atomic E-state index is 0.404. The average Bonchev–Trinajstić information content (AvgIpc) is 2.27. The summed E-state index contributed by atoms with van der Waals surface area (Å²) < 4.78 is 0. The highest BCUT2D eigenvalue weighted by atomic mass is 14.9. The molecular weight excluding hydrogens is 174 g/mol. The van der Waals surface area contributed by atoms with Crippen molar-refractivity contribution in [3.63, 3.8) is 0 Å². The molecule has 0 aliphatic carbocycles. The van der Waals surface area contributed by atoms with Crippen molar-refractivity contribution in [2.75, 3.05) is 0 Å². The lowest BCUT2D eigenvalue weighted by Crippen LogP contribution is -2.00. The van der Waals surface area contributed by atoms with Crippen molar-refractivity contribution in [2.45, 2.75) is 26.2 Å². The van der Waals surface area contributed by atoms with E-state index in [1.165, 1.54) is 0 Å². The van der Waals surface area contributed by atoms with E-state index in [2.05, 4.69) is 28.8 Å². The van der Waals surface area contributed by atoms with E-state index in [-0.39, 0.29) is 0 Å². The molecule has 2 rings (SSSR count). The van der Waals surface area contributed by atoms with Crippen LogP contribution in [0.3, 0.4) is 0 Å². The van der Waals surface area contributed by atoms with Crippen molar-refractivity contribution in [1.82, 2.24) is 15.0 Å². The van der Waals surface area contributed by atoms with Gasteiger partial charge in [0.2, 0.25) is 0 Å². The molecule has 0 radical (unpaired) electrons. The third-order valence-corrected chi connectivity index (χ3v) is 2.43. The molecule has 1 unspecified atom stereocenters. The zero-order chi connectivity index (χ0) is 9.97. The Hall–Kier alpha value is -1.51. The highest BCUT2D eigenvalue weighted by molar-refractivity contribution is 5.72. The summed E-state index contributed by atoms with van der Waals surface area (Å²) in [5.41, 5.74) is 0.790. The van der Waals surface area contributed by atoms with Gasteiger partial charge in [0.15, 0.2) is 5.65 Å². The monoisotopic (exact) mass is 187 g/mol. The van der Waals surface area contributed by atoms with Crippen LogP contribution in [0.4, 0.5) is 0 Å². The number of hydrogen-bond donors (Lipinski definition) is 0. The topological polar surface area (TPSA) is 38.7 Å². The summed E-state index contributed by atoms with van der Waals surface area (Å²) in [6, 6.07) is 3.87. The maximum Gasteiger partial charge on any atom is 0.162 e. The SMILES string of the molecule is CCC(C)c1ncc2cccnc2n1. The molecule has 0 spiro atoms. The molecule has 0 aromatic carbocycles. The Bertz CT molecular complexity index is 439. The molecule has 2 heterocycles. The van der Waals surface area contributed by atoms with Gasteiger partial charge in [0.25, 0.3) is 0 Å². The molecule has 0 N–H and O–H groups in total. The van der Waals surface area contributed by atoms with Crippen LogP contribution in [0.25, 0.3) is 11.0 Å². The Balaban J connectivity index is 2.51. The van der Waals surface area contributed by atoms with Crippen LogP contribution in [0.1, 0.15) is 32.0 Å². The first-order chi connectivity index (χ1) is 6.81. The van der Waals surface area contributed by atoms with E-state index in [9.17, 15) is 0 Å². The van der Waals surface area contributed by atoms with E-state index in [4.69, 9.17) is 0 Å². The number of hydrogen-bond acceptors (Lipinski definition) is 3. The number of nitrogens with zero attached hydrogens (tertiary/aromatic N) is 3. The molecular formula is C11H13N3. The van der Waals surface area contributed by atoms with E-state index in [1.807, 2.05) is 18.3 Å². The Labute approximate surface area is 83.2 Å². The van der Waals surface area contributed by atoms with Gasteiger partial charge in [-0.1, -0.05) is 13.8 Å². The third kappa shape index (κ3) is 1.58. The van der Waals surface area contributed by atoms with Gasteiger partial charge in [-0.05, 0) is 18.6 Å². The molecule has 0 fully saturated rings. The van der Waals surface area contributed by atoms with Gasteiger partial charge in [0.05, 0.1) is 0 Å². The van der Waals surface area contributed by atoms with Crippen LogP contribution < -0.4 is 0 Å². The Kier molecular flexibility index (Phi) is 2.39. The normalized spacial score (nSPS) is 13.0. The summed E-state index contributed by atoms with van der Waals surface area (Å²) in [5.74, 6) is 1.29. The van der Waals surface area contributed by atoms with Gasteiger partial charge >= 0.3 is 0 Å². The fourth-order valence-corrected chi connectivity index (χ4v) is 1.30. The fourth-order valence-electron chi connectivity index (χ4n) is 1.30. The quantitative estimate of drug-likeness (QED) is 0.725. The molecule has 1 atom stereocenters. The number of aromatic nitrogens is 3. The van der Waals surface area contributed by atoms with Gasteiger partial charge in [-0.3, -0.25) is 0 Å². The van der Waals surface area contributed by atoms with Crippen molar-refractivity contribution in [2.24, 2.45) is 0 Å². The van der Waals surface area contributed by atoms with Crippen LogP contribution in [-0.4, -0.2) is 15.0 Å². The van der Waals surface area contributed by atoms with E-state index in [1.54, 1.807) is 6.20 Å². The Morgan fingerprint density at radius 2 is 2.21 bits per heavy atom. The standard InChI is InChI=1S/C11H13N3/c1-3-8(2)10-13-7-9-5-4-6-12-11(9)14-10/h4-8H,3H2,1-2H3. The highest BCUT2D eigenvalue weighted by Gasteiger charge is 2.06. The lowest BCUT2D eigenvalue weighted by atomic mass is 10.1. The minimum Gasteiger partial charge on any atom is -0.240 e. The molecule has 0 aliphatic heterocycles. The highest BCUT2D eigenvalue weighted by Crippen LogP contribution is 2.15. The third-order valence-electron chi connectivity index (χ3n) is 2.43. The number of rotatable bonds is 2. The smallest absolute Gasteiger partial charge is 0.162 e. The molecule has 2 aromatic heterocycles. The zero-order valence-corrected chi connectivity index (χ0v) is 8.44. The van der Waals surface area contributed by atoms with Crippen LogP contribution >= 0.6 is 0 Å². The van der Waals surface area contributed by atoms with Gasteiger partial charge in [-0.25, -0.2) is 15.0 Å². The van der Waals surface area contributed by atoms with Crippen LogP contribution in [0.5, 0.6) is 0 Å². The molecule has 0 bridgehead atoms. The first kappa shape index (κ1) is 9.06. The largest absolute Gasteiger partial charge is 0.240 e. The van der Waals surface area contributed by atoms with E-state index >= 15 is 0 Å². The second-order valence-electron chi connectivity index (χ2n) is 3.45. The summed E-state index contributed by atoms with van der Waals surface area (Å²) in [4.78, 5) is 13.0. The van der Waals surface area contributed by atoms with E-state index < -0.39 is 0 Å². The molecule has 72 valence electrons. The summed E-state index contributed by atoms with van der Waals surface area (Å²) in [7, 11) is 0. The van der Waals surface area contributed by atoms with Crippen LogP contribution in [0, 0.1) is 0 Å². The van der Waals surface area contributed by atoms with Gasteiger partial charge in [-0.2, -0.15) is 0 Å². The van der Waals surface area contributed by atoms with Crippen molar-refractivity contribution in [3.05, 3.63) is 30.4 Å². The van der Waals surface area contributed by atoms with Gasteiger partial charge in [0, 0.05) is 23.7 Å². The molecule has 0 saturated carbocycles. The molecule has 0 amide bonds. The molecule has 0 aliphatic rings. The molecule has 0 saturated heterocycles. The summed E-state index contributed by atoms with van der Waals surface area (Å²) >= 11 is 0. The maximum atomic E-state index is 4.42. The van der Waals surface area contributed by atoms with Gasteiger partial charge < -0.3 is 0 Å². The van der Waals surface area contributed by atoms with Crippen molar-refractivity contribution >= 4 is 11.0 Å². The van der Waals surface area contributed by atoms with Gasteiger partial charge in [0.1, 0.15) is 5.82 Å². The lowest BCUT2D eigenvalue weighted by molar-refractivity contribution is 0.682. The van der Waals surface area contributed by atoms with E-state index in [0.29, 0.717) is 5.92 Å². The molecule has 3 heteroatoms. The van der Waals surface area contributed by atoms with E-state index in [0.717, 1.165) is 23.3 Å². The minimum atomic E-state index is 0.404. The molecule has 2 aromatic rings.